The second-order valence-electron chi connectivity index (χ2n) is 7.96. The van der Waals surface area contributed by atoms with Gasteiger partial charge >= 0.3 is 0 Å². The molecule has 154 valence electrons. The number of rotatable bonds is 7. The number of nitrogens with one attached hydrogen (secondary N) is 3. The lowest BCUT2D eigenvalue weighted by atomic mass is 10.1. The molecule has 1 aromatic carbocycles. The summed E-state index contributed by atoms with van der Waals surface area (Å²) in [6.45, 7) is 5.67. The number of anilines is 1. The van der Waals surface area contributed by atoms with Crippen LogP contribution in [0, 0.1) is 6.92 Å². The lowest BCUT2D eigenvalue weighted by Gasteiger charge is -2.16. The maximum atomic E-state index is 12.3. The highest BCUT2D eigenvalue weighted by Gasteiger charge is 2.16. The van der Waals surface area contributed by atoms with Crippen molar-refractivity contribution in [1.82, 2.24) is 10.6 Å². The number of carbonyl (C=O) groups excluding carboxylic acids is 3. The highest BCUT2D eigenvalue weighted by molar-refractivity contribution is 5.98. The van der Waals surface area contributed by atoms with Gasteiger partial charge in [0.05, 0.1) is 0 Å². The Morgan fingerprint density at radius 3 is 2.29 bits per heavy atom. The van der Waals surface area contributed by atoms with Gasteiger partial charge in [-0.2, -0.15) is 0 Å². The van der Waals surface area contributed by atoms with Crippen molar-refractivity contribution in [1.29, 1.82) is 0 Å². The lowest BCUT2D eigenvalue weighted by Crippen LogP contribution is -2.34. The molecule has 2 rings (SSSR count). The summed E-state index contributed by atoms with van der Waals surface area (Å²) < 4.78 is 0. The highest BCUT2D eigenvalue weighted by Crippen LogP contribution is 2.19. The standard InChI is InChI=1S/C22H33N3O3/c1-15(2)23-22(28)17-11-10-16(3)19(14-17)25-21(27)13-12-20(26)24-18-8-6-4-5-7-9-18/h10-11,14-15,18H,4-9,12-13H2,1-3H3,(H,23,28)(H,24,26)(H,25,27). The topological polar surface area (TPSA) is 87.3 Å². The van der Waals surface area contributed by atoms with Crippen molar-refractivity contribution in [3.63, 3.8) is 0 Å². The van der Waals surface area contributed by atoms with Crippen LogP contribution >= 0.6 is 0 Å². The van der Waals surface area contributed by atoms with Crippen molar-refractivity contribution in [3.05, 3.63) is 29.3 Å². The van der Waals surface area contributed by atoms with Crippen LogP contribution in [0.3, 0.4) is 0 Å². The molecule has 0 heterocycles. The maximum absolute atomic E-state index is 12.3. The van der Waals surface area contributed by atoms with Gasteiger partial charge in [-0.15, -0.1) is 0 Å². The smallest absolute Gasteiger partial charge is 0.251 e. The van der Waals surface area contributed by atoms with Crippen molar-refractivity contribution < 1.29 is 14.4 Å². The van der Waals surface area contributed by atoms with E-state index in [1.165, 1.54) is 12.8 Å². The third-order valence-electron chi connectivity index (χ3n) is 4.99. The molecule has 1 aliphatic carbocycles. The van der Waals surface area contributed by atoms with Crippen LogP contribution in [-0.2, 0) is 9.59 Å². The second kappa shape index (κ2) is 10.8. The van der Waals surface area contributed by atoms with E-state index >= 15 is 0 Å². The monoisotopic (exact) mass is 387 g/mol. The van der Waals surface area contributed by atoms with Gasteiger partial charge in [0, 0.05) is 36.2 Å². The molecule has 6 nitrogen and oxygen atoms in total. The highest BCUT2D eigenvalue weighted by atomic mass is 16.2. The van der Waals surface area contributed by atoms with E-state index in [-0.39, 0.29) is 42.6 Å². The lowest BCUT2D eigenvalue weighted by molar-refractivity contribution is -0.124. The summed E-state index contributed by atoms with van der Waals surface area (Å²) in [5.41, 5.74) is 1.98. The van der Waals surface area contributed by atoms with E-state index in [4.69, 9.17) is 0 Å². The third-order valence-corrected chi connectivity index (χ3v) is 4.99. The Kier molecular flexibility index (Phi) is 8.48. The summed E-state index contributed by atoms with van der Waals surface area (Å²) in [4.78, 5) is 36.6. The van der Waals surface area contributed by atoms with E-state index in [1.54, 1.807) is 12.1 Å². The molecule has 0 aromatic heterocycles. The molecule has 0 spiro atoms. The zero-order valence-corrected chi connectivity index (χ0v) is 17.3. The number of hydrogen-bond donors (Lipinski definition) is 3. The molecule has 0 atom stereocenters. The Hall–Kier alpha value is -2.37. The summed E-state index contributed by atoms with van der Waals surface area (Å²) in [5.74, 6) is -0.461. The first-order valence-corrected chi connectivity index (χ1v) is 10.4. The van der Waals surface area contributed by atoms with Gasteiger partial charge in [-0.25, -0.2) is 0 Å². The van der Waals surface area contributed by atoms with Crippen molar-refractivity contribution in [3.8, 4) is 0 Å². The van der Waals surface area contributed by atoms with E-state index < -0.39 is 0 Å². The minimum absolute atomic E-state index is 0.0406. The molecule has 3 amide bonds. The number of aryl methyl sites for hydroxylation is 1. The summed E-state index contributed by atoms with van der Waals surface area (Å²) in [6, 6.07) is 5.51. The first kappa shape index (κ1) is 21.9. The zero-order chi connectivity index (χ0) is 20.5. The van der Waals surface area contributed by atoms with Crippen LogP contribution < -0.4 is 16.0 Å². The number of benzene rings is 1. The molecule has 0 bridgehead atoms. The van der Waals surface area contributed by atoms with Gasteiger partial charge in [-0.1, -0.05) is 31.7 Å². The Labute approximate surface area is 167 Å². The van der Waals surface area contributed by atoms with Gasteiger partial charge in [0.25, 0.3) is 5.91 Å². The van der Waals surface area contributed by atoms with Crippen molar-refractivity contribution in [2.24, 2.45) is 0 Å². The van der Waals surface area contributed by atoms with E-state index in [1.807, 2.05) is 26.8 Å². The number of amides is 3. The molecular formula is C22H33N3O3. The fraction of sp³-hybridized carbons (Fsp3) is 0.591. The summed E-state index contributed by atoms with van der Waals surface area (Å²) in [7, 11) is 0. The predicted molar refractivity (Wildman–Crippen MR) is 111 cm³/mol. The maximum Gasteiger partial charge on any atom is 0.251 e. The van der Waals surface area contributed by atoms with Crippen LogP contribution in [0.15, 0.2) is 18.2 Å². The molecule has 1 aliphatic rings. The molecule has 0 aliphatic heterocycles. The molecule has 6 heteroatoms. The van der Waals surface area contributed by atoms with Crippen LogP contribution in [0.2, 0.25) is 0 Å². The number of carbonyl (C=O) groups is 3. The molecule has 1 saturated carbocycles. The Balaban J connectivity index is 1.84. The van der Waals surface area contributed by atoms with Crippen LogP contribution in [-0.4, -0.2) is 29.8 Å². The second-order valence-corrected chi connectivity index (χ2v) is 7.96. The quantitative estimate of drug-likeness (QED) is 0.624. The minimum atomic E-state index is -0.222. The molecule has 0 radical (unpaired) electrons. The minimum Gasteiger partial charge on any atom is -0.353 e. The molecule has 3 N–H and O–H groups in total. The van der Waals surface area contributed by atoms with Gasteiger partial charge in [0.15, 0.2) is 0 Å². The van der Waals surface area contributed by atoms with Crippen LogP contribution in [0.25, 0.3) is 0 Å². The molecule has 1 aromatic rings. The fourth-order valence-electron chi connectivity index (χ4n) is 3.41. The Morgan fingerprint density at radius 2 is 1.64 bits per heavy atom. The average Bonchev–Trinajstić information content (AvgIpc) is 2.90. The Bertz CT molecular complexity index is 692. The number of hydrogen-bond acceptors (Lipinski definition) is 3. The van der Waals surface area contributed by atoms with Crippen molar-refractivity contribution in [2.45, 2.75) is 84.2 Å². The normalized spacial score (nSPS) is 15.0. The predicted octanol–water partition coefficient (Wildman–Crippen LogP) is 3.69. The van der Waals surface area contributed by atoms with E-state index in [9.17, 15) is 14.4 Å². The van der Waals surface area contributed by atoms with E-state index in [0.717, 1.165) is 31.2 Å². The molecule has 0 saturated heterocycles. The first-order chi connectivity index (χ1) is 13.3. The molecular weight excluding hydrogens is 354 g/mol. The van der Waals surface area contributed by atoms with Gasteiger partial charge in [0.1, 0.15) is 0 Å². The molecule has 1 fully saturated rings. The van der Waals surface area contributed by atoms with Crippen molar-refractivity contribution in [2.75, 3.05) is 5.32 Å². The summed E-state index contributed by atoms with van der Waals surface area (Å²) in [5, 5.41) is 8.73. The molecule has 28 heavy (non-hydrogen) atoms. The zero-order valence-electron chi connectivity index (χ0n) is 17.3. The van der Waals surface area contributed by atoms with E-state index in [0.29, 0.717) is 11.3 Å². The largest absolute Gasteiger partial charge is 0.353 e. The van der Waals surface area contributed by atoms with Crippen LogP contribution in [0.1, 0.15) is 81.1 Å². The van der Waals surface area contributed by atoms with E-state index in [2.05, 4.69) is 16.0 Å². The first-order valence-electron chi connectivity index (χ1n) is 10.4. The summed E-state index contributed by atoms with van der Waals surface area (Å²) in [6.07, 6.45) is 7.15. The van der Waals surface area contributed by atoms with Gasteiger partial charge in [-0.3, -0.25) is 14.4 Å². The third kappa shape index (κ3) is 7.33. The van der Waals surface area contributed by atoms with Gasteiger partial charge in [-0.05, 0) is 51.3 Å². The SMILES string of the molecule is Cc1ccc(C(=O)NC(C)C)cc1NC(=O)CCC(=O)NC1CCCCCC1. The Morgan fingerprint density at radius 1 is 1.00 bits per heavy atom. The average molecular weight is 388 g/mol. The van der Waals surface area contributed by atoms with Crippen LogP contribution in [0.4, 0.5) is 5.69 Å². The summed E-state index contributed by atoms with van der Waals surface area (Å²) >= 11 is 0. The van der Waals surface area contributed by atoms with Gasteiger partial charge < -0.3 is 16.0 Å². The van der Waals surface area contributed by atoms with Crippen molar-refractivity contribution >= 4 is 23.4 Å². The fourth-order valence-corrected chi connectivity index (χ4v) is 3.41. The van der Waals surface area contributed by atoms with Crippen LogP contribution in [0.5, 0.6) is 0 Å². The van der Waals surface area contributed by atoms with Gasteiger partial charge in [0.2, 0.25) is 11.8 Å². The molecule has 0 unspecified atom stereocenters.